The maximum absolute atomic E-state index is 12.3. The van der Waals surface area contributed by atoms with E-state index in [-0.39, 0.29) is 39.1 Å². The van der Waals surface area contributed by atoms with Gasteiger partial charge in [0.1, 0.15) is 22.8 Å². The highest BCUT2D eigenvalue weighted by atomic mass is 32.2. The van der Waals surface area contributed by atoms with E-state index in [2.05, 4.69) is 20.5 Å². The highest BCUT2D eigenvalue weighted by Crippen LogP contribution is 2.40. The van der Waals surface area contributed by atoms with Crippen molar-refractivity contribution >= 4 is 75.7 Å². The third-order valence-electron chi connectivity index (χ3n) is 7.96. The van der Waals surface area contributed by atoms with Crippen LogP contribution in [0.2, 0.25) is 0 Å². The number of ether oxygens (including phenoxy) is 1. The van der Waals surface area contributed by atoms with Crippen molar-refractivity contribution in [2.75, 3.05) is 18.6 Å². The van der Waals surface area contributed by atoms with Crippen molar-refractivity contribution in [2.45, 2.75) is 16.4 Å². The van der Waals surface area contributed by atoms with Gasteiger partial charge in [-0.3, -0.25) is 0 Å². The van der Waals surface area contributed by atoms with Gasteiger partial charge in [0.15, 0.2) is 0 Å². The Hall–Kier alpha value is -5.78. The molecule has 0 spiro atoms. The zero-order valence-corrected chi connectivity index (χ0v) is 28.0. The van der Waals surface area contributed by atoms with Gasteiger partial charge < -0.3 is 21.3 Å². The van der Waals surface area contributed by atoms with Crippen molar-refractivity contribution in [1.82, 2.24) is 0 Å². The van der Waals surface area contributed by atoms with Gasteiger partial charge in [0.05, 0.1) is 40.6 Å². The van der Waals surface area contributed by atoms with E-state index in [0.717, 1.165) is 0 Å². The molecule has 16 heteroatoms. The number of aliphatic hydroxyl groups excluding tert-OH is 1. The average molecular weight is 711 g/mol. The summed E-state index contributed by atoms with van der Waals surface area (Å²) < 4.78 is 54.8. The molecule has 6 rings (SSSR count). The lowest BCUT2D eigenvalue weighted by atomic mass is 10.0. The van der Waals surface area contributed by atoms with Crippen molar-refractivity contribution in [2.24, 2.45) is 30.7 Å². The second-order valence-corrected chi connectivity index (χ2v) is 14.1. The summed E-state index contributed by atoms with van der Waals surface area (Å²) in [6.45, 7) is -0.380. The van der Waals surface area contributed by atoms with Crippen LogP contribution in [0.5, 0.6) is 5.75 Å². The van der Waals surface area contributed by atoms with Gasteiger partial charge >= 0.3 is 0 Å². The van der Waals surface area contributed by atoms with Crippen LogP contribution in [0.25, 0.3) is 32.7 Å². The van der Waals surface area contributed by atoms with Crippen LogP contribution in [-0.4, -0.2) is 29.1 Å². The average Bonchev–Trinajstić information content (AvgIpc) is 3.10. The van der Waals surface area contributed by atoms with Crippen molar-refractivity contribution in [3.05, 3.63) is 103 Å². The first-order chi connectivity index (χ1) is 23.8. The Bertz CT molecular complexity index is 2430. The molecule has 254 valence electrons. The molecule has 0 bridgehead atoms. The van der Waals surface area contributed by atoms with E-state index in [0.29, 0.717) is 55.4 Å². The number of azo groups is 2. The SMILES string of the molecule is COc1cc(-c2ccc(N=Nc3cc(S(N)(=O)=O)c4ccccc4c3N)c(CO)c2)ccc1N=Nc1cc(S(N)(=O)=O)c2ccccc2c1N. The fourth-order valence-electron chi connectivity index (χ4n) is 5.48. The first-order valence-electron chi connectivity index (χ1n) is 14.7. The molecule has 0 unspecified atom stereocenters. The molecular weight excluding hydrogens is 681 g/mol. The summed E-state index contributed by atoms with van der Waals surface area (Å²) in [5.41, 5.74) is 15.8. The van der Waals surface area contributed by atoms with Gasteiger partial charge in [0, 0.05) is 27.1 Å². The van der Waals surface area contributed by atoms with Crippen molar-refractivity contribution in [3.63, 3.8) is 0 Å². The summed E-state index contributed by atoms with van der Waals surface area (Å²) in [7, 11) is -6.72. The lowest BCUT2D eigenvalue weighted by molar-refractivity contribution is 0.282. The molecule has 0 radical (unpaired) electrons. The predicted octanol–water partition coefficient (Wildman–Crippen LogP) is 6.45. The summed E-state index contributed by atoms with van der Waals surface area (Å²) in [4.78, 5) is -0.268. The summed E-state index contributed by atoms with van der Waals surface area (Å²) in [6.07, 6.45) is 0. The minimum absolute atomic E-state index is 0.0986. The van der Waals surface area contributed by atoms with Crippen LogP contribution >= 0.6 is 0 Å². The van der Waals surface area contributed by atoms with Gasteiger partial charge in [-0.05, 0) is 47.5 Å². The summed E-state index contributed by atoms with van der Waals surface area (Å²) in [5, 5.41) is 39.8. The Morgan fingerprint density at radius 3 is 1.46 bits per heavy atom. The lowest BCUT2D eigenvalue weighted by Crippen LogP contribution is -2.13. The number of rotatable bonds is 9. The van der Waals surface area contributed by atoms with Gasteiger partial charge in [-0.25, -0.2) is 27.1 Å². The number of aliphatic hydroxyl groups is 1. The number of hydrogen-bond donors (Lipinski definition) is 5. The first-order valence-corrected chi connectivity index (χ1v) is 17.8. The van der Waals surface area contributed by atoms with Crippen LogP contribution in [0.4, 0.5) is 34.1 Å². The Morgan fingerprint density at radius 1 is 0.580 bits per heavy atom. The number of benzene rings is 6. The standard InChI is InChI=1S/C34H30N8O6S2/c1-48-30-15-20(11-13-27(30)40-42-29-17-32(50(38,46)47)23-7-3-5-9-25(23)34(29)36)19-10-12-26(21(14-19)18-43)39-41-28-16-31(49(37,44)45)22-6-2-4-8-24(22)33(28)35/h2-17,43H,18,35-36H2,1H3,(H2,37,44,45)(H2,38,46,47). The van der Waals surface area contributed by atoms with Gasteiger partial charge in [-0.1, -0.05) is 60.7 Å². The maximum atomic E-state index is 12.3. The number of nitrogens with zero attached hydrogens (tertiary/aromatic N) is 4. The van der Waals surface area contributed by atoms with Crippen LogP contribution in [0.1, 0.15) is 5.56 Å². The van der Waals surface area contributed by atoms with E-state index < -0.39 is 20.0 Å². The number of nitrogen functional groups attached to an aromatic ring is 2. The number of nitrogens with two attached hydrogens (primary N) is 4. The maximum Gasteiger partial charge on any atom is 0.238 e. The van der Waals surface area contributed by atoms with Crippen LogP contribution < -0.4 is 26.5 Å². The Kier molecular flexibility index (Phi) is 9.04. The molecule has 0 atom stereocenters. The molecule has 0 saturated carbocycles. The molecule has 0 aliphatic rings. The molecule has 6 aromatic carbocycles. The second kappa shape index (κ2) is 13.3. The molecule has 14 nitrogen and oxygen atoms in total. The Labute approximate surface area is 286 Å². The minimum atomic E-state index is -4.10. The van der Waals surface area contributed by atoms with Crippen LogP contribution in [0.15, 0.2) is 127 Å². The van der Waals surface area contributed by atoms with E-state index >= 15 is 0 Å². The van der Waals surface area contributed by atoms with Gasteiger partial charge in [0.25, 0.3) is 0 Å². The molecule has 0 aliphatic carbocycles. The Morgan fingerprint density at radius 2 is 1.00 bits per heavy atom. The molecule has 0 aromatic heterocycles. The third-order valence-corrected chi connectivity index (χ3v) is 9.86. The van der Waals surface area contributed by atoms with Gasteiger partial charge in [0.2, 0.25) is 20.0 Å². The monoisotopic (exact) mass is 710 g/mol. The van der Waals surface area contributed by atoms with Gasteiger partial charge in [-0.2, -0.15) is 5.11 Å². The minimum Gasteiger partial charge on any atom is -0.494 e. The molecule has 0 aliphatic heterocycles. The van der Waals surface area contributed by atoms with E-state index in [4.69, 9.17) is 26.5 Å². The van der Waals surface area contributed by atoms with Crippen LogP contribution in [-0.2, 0) is 26.7 Å². The number of anilines is 2. The molecule has 50 heavy (non-hydrogen) atoms. The van der Waals surface area contributed by atoms with E-state index in [1.54, 1.807) is 84.9 Å². The van der Waals surface area contributed by atoms with Crippen molar-refractivity contribution in [1.29, 1.82) is 0 Å². The molecule has 0 fully saturated rings. The van der Waals surface area contributed by atoms with E-state index in [9.17, 15) is 21.9 Å². The number of hydrogen-bond acceptors (Lipinski definition) is 12. The predicted molar refractivity (Wildman–Crippen MR) is 192 cm³/mol. The highest BCUT2D eigenvalue weighted by molar-refractivity contribution is 7.89. The third kappa shape index (κ3) is 6.60. The van der Waals surface area contributed by atoms with Crippen molar-refractivity contribution in [3.8, 4) is 16.9 Å². The molecule has 0 saturated heterocycles. The fraction of sp³-hybridized carbons (Fsp3) is 0.0588. The van der Waals surface area contributed by atoms with E-state index in [1.807, 2.05) is 0 Å². The molecule has 0 amide bonds. The largest absolute Gasteiger partial charge is 0.494 e. The quantitative estimate of drug-likeness (QED) is 0.0821. The second-order valence-electron chi connectivity index (χ2n) is 11.1. The van der Waals surface area contributed by atoms with E-state index in [1.165, 1.54) is 19.2 Å². The lowest BCUT2D eigenvalue weighted by Gasteiger charge is -2.11. The normalized spacial score (nSPS) is 12.4. The van der Waals surface area contributed by atoms with Crippen molar-refractivity contribution < 1.29 is 26.7 Å². The highest BCUT2D eigenvalue weighted by Gasteiger charge is 2.19. The fourth-order valence-corrected chi connectivity index (χ4v) is 7.00. The Balaban J connectivity index is 1.32. The summed E-state index contributed by atoms with van der Waals surface area (Å²) in [5.74, 6) is 0.351. The van der Waals surface area contributed by atoms with Crippen LogP contribution in [0, 0.1) is 0 Å². The van der Waals surface area contributed by atoms with Crippen LogP contribution in [0.3, 0.4) is 0 Å². The number of methoxy groups -OCH3 is 1. The number of fused-ring (bicyclic) bond motifs is 2. The smallest absolute Gasteiger partial charge is 0.238 e. The summed E-state index contributed by atoms with van der Waals surface area (Å²) >= 11 is 0. The van der Waals surface area contributed by atoms with Gasteiger partial charge in [-0.15, -0.1) is 15.3 Å². The molecule has 0 heterocycles. The zero-order valence-electron chi connectivity index (χ0n) is 26.3. The number of sulfonamides is 2. The molecule has 6 aromatic rings. The first kappa shape index (κ1) is 34.1. The number of primary sulfonamides is 2. The summed E-state index contributed by atoms with van der Waals surface area (Å²) in [6, 6.07) is 26.1. The topological polar surface area (TPSA) is 251 Å². The zero-order chi connectivity index (χ0) is 35.8. The molecule has 9 N–H and O–H groups in total. The molecular formula is C34H30N8O6S2.